The maximum Gasteiger partial charge on any atom is 0.521 e. The van der Waals surface area contributed by atoms with Crippen molar-refractivity contribution < 1.29 is 33.4 Å². The van der Waals surface area contributed by atoms with Crippen LogP contribution >= 0.6 is 7.37 Å². The van der Waals surface area contributed by atoms with Crippen LogP contribution in [0.25, 0.3) is 0 Å². The van der Waals surface area contributed by atoms with Gasteiger partial charge in [0, 0.05) is 30.5 Å². The lowest BCUT2D eigenvalue weighted by Crippen LogP contribution is -2.59. The molecule has 2 amide bonds. The maximum atomic E-state index is 13.4. The van der Waals surface area contributed by atoms with Gasteiger partial charge in [0.2, 0.25) is 7.37 Å². The Kier molecular flexibility index (Phi) is 9.16. The number of unbranched alkanes of at least 4 members (excludes halogenated alkanes) is 3. The predicted molar refractivity (Wildman–Crippen MR) is 119 cm³/mol. The van der Waals surface area contributed by atoms with E-state index in [1.807, 2.05) is 0 Å². The van der Waals surface area contributed by atoms with Crippen molar-refractivity contribution in [3.63, 3.8) is 0 Å². The fourth-order valence-electron chi connectivity index (χ4n) is 4.50. The van der Waals surface area contributed by atoms with Gasteiger partial charge in [-0.15, -0.1) is 0 Å². The number of quaternary nitrogens is 1. The molecule has 0 aliphatic carbocycles. The monoisotopic (exact) mass is 452 g/mol. The topological polar surface area (TPSA) is 109 Å². The summed E-state index contributed by atoms with van der Waals surface area (Å²) in [5, 5.41) is 9.76. The van der Waals surface area contributed by atoms with Gasteiger partial charge in [0.05, 0.1) is 6.54 Å². The van der Waals surface area contributed by atoms with E-state index in [-0.39, 0.29) is 18.7 Å². The first-order valence-corrected chi connectivity index (χ1v) is 13.1. The number of likely N-dealkylation sites (tertiary alicyclic amines) is 1. The molecule has 2 N–H and O–H groups in total. The van der Waals surface area contributed by atoms with E-state index in [9.17, 15) is 28.9 Å². The minimum absolute atomic E-state index is 0.125. The van der Waals surface area contributed by atoms with Gasteiger partial charge in [-0.05, 0) is 13.3 Å². The van der Waals surface area contributed by atoms with Crippen LogP contribution in [0.5, 0.6) is 0 Å². The molecule has 0 bridgehead atoms. The van der Waals surface area contributed by atoms with E-state index < -0.39 is 41.7 Å². The number of imide groups is 1. The summed E-state index contributed by atoms with van der Waals surface area (Å²) in [6.07, 6.45) is 3.01. The second-order valence-electron chi connectivity index (χ2n) is 8.67. The molecule has 1 aromatic rings. The third-order valence-electron chi connectivity index (χ3n) is 6.51. The van der Waals surface area contributed by atoms with Gasteiger partial charge >= 0.3 is 12.0 Å². The maximum absolute atomic E-state index is 13.4. The Balaban J connectivity index is 2.21. The highest BCUT2D eigenvalue weighted by Gasteiger charge is 2.54. The molecule has 1 heterocycles. The van der Waals surface area contributed by atoms with E-state index >= 15 is 0 Å². The molecule has 0 saturated carbocycles. The first-order valence-electron chi connectivity index (χ1n) is 11.2. The van der Waals surface area contributed by atoms with Gasteiger partial charge in [-0.3, -0.25) is 9.36 Å². The van der Waals surface area contributed by atoms with Crippen molar-refractivity contribution in [2.24, 2.45) is 0 Å². The molecule has 31 heavy (non-hydrogen) atoms. The normalized spacial score (nSPS) is 23.8. The number of hydrogen-bond donors (Lipinski definition) is 2. The van der Waals surface area contributed by atoms with Crippen LogP contribution in [0.4, 0.5) is 4.79 Å². The third-order valence-corrected chi connectivity index (χ3v) is 8.82. The van der Waals surface area contributed by atoms with Crippen LogP contribution in [0.2, 0.25) is 0 Å². The molecule has 1 aliphatic rings. The zero-order valence-electron chi connectivity index (χ0n) is 18.5. The fraction of sp³-hybridized carbons (Fsp3) is 0.609. The smallest absolute Gasteiger partial charge is 0.435 e. The highest BCUT2D eigenvalue weighted by atomic mass is 31.2. The van der Waals surface area contributed by atoms with Crippen molar-refractivity contribution in [1.82, 2.24) is 0 Å². The number of Topliss-reactive ketones (excluding diaryl/α,β-unsaturated/α-hetero) is 1. The van der Waals surface area contributed by atoms with Gasteiger partial charge < -0.3 is 10.00 Å². The highest BCUT2D eigenvalue weighted by molar-refractivity contribution is 7.59. The summed E-state index contributed by atoms with van der Waals surface area (Å²) >= 11 is 0. The Morgan fingerprint density at radius 2 is 1.84 bits per heavy atom. The SMILES string of the molecule is CCCCCCC(CC(=O)c1ccccc1)P(=O)(O)CC(=O)[N+]1(C(=O)O)CCC[C@H]1C. The summed E-state index contributed by atoms with van der Waals surface area (Å²) in [6, 6.07) is 8.17. The Bertz CT molecular complexity index is 827. The van der Waals surface area contributed by atoms with Gasteiger partial charge in [-0.25, -0.2) is 4.79 Å². The van der Waals surface area contributed by atoms with Crippen molar-refractivity contribution in [2.45, 2.75) is 76.9 Å². The summed E-state index contributed by atoms with van der Waals surface area (Å²) in [6.45, 7) is 3.90. The molecule has 8 heteroatoms. The number of amides is 2. The summed E-state index contributed by atoms with van der Waals surface area (Å²) < 4.78 is 12.6. The molecular formula is C23H35NO6P+. The van der Waals surface area contributed by atoms with Gasteiger partial charge in [0.15, 0.2) is 5.78 Å². The molecule has 1 aromatic carbocycles. The third kappa shape index (κ3) is 6.12. The van der Waals surface area contributed by atoms with E-state index in [0.29, 0.717) is 31.2 Å². The zero-order valence-corrected chi connectivity index (χ0v) is 19.4. The number of carbonyl (C=O) groups is 3. The molecule has 0 aromatic heterocycles. The van der Waals surface area contributed by atoms with Crippen molar-refractivity contribution in [1.29, 1.82) is 0 Å². The fourth-order valence-corrected chi connectivity index (χ4v) is 6.43. The number of nitrogens with zero attached hydrogens (tertiary/aromatic N) is 1. The van der Waals surface area contributed by atoms with E-state index in [1.165, 1.54) is 0 Å². The lowest BCUT2D eigenvalue weighted by Gasteiger charge is -2.31. The standard InChI is InChI=1S/C23H34NO6P/c1-3-4-5-9-14-20(16-21(25)19-12-7-6-8-13-19)31(29,30)17-22(26)24(23(27)28)15-10-11-18(24)2/h6-8,12-13,18,20H,3-5,9-11,14-17H2,1-2H3,(H-,27,28,29,30)/p+1/t18-,20?,24?/m1/s1. The molecule has 0 spiro atoms. The summed E-state index contributed by atoms with van der Waals surface area (Å²) in [4.78, 5) is 48.7. The van der Waals surface area contributed by atoms with E-state index in [4.69, 9.17) is 0 Å². The van der Waals surface area contributed by atoms with Crippen molar-refractivity contribution in [2.75, 3.05) is 12.7 Å². The molecule has 172 valence electrons. The summed E-state index contributed by atoms with van der Waals surface area (Å²) in [5.74, 6) is -0.964. The zero-order chi connectivity index (χ0) is 23.1. The molecule has 7 nitrogen and oxygen atoms in total. The van der Waals surface area contributed by atoms with Crippen LogP contribution in [-0.4, -0.2) is 56.7 Å². The Hall–Kier alpha value is -1.82. The number of benzene rings is 1. The first-order chi connectivity index (χ1) is 14.6. The van der Waals surface area contributed by atoms with Crippen LogP contribution in [0.15, 0.2) is 30.3 Å². The van der Waals surface area contributed by atoms with Gasteiger partial charge in [0.25, 0.3) is 0 Å². The van der Waals surface area contributed by atoms with E-state index in [0.717, 1.165) is 19.3 Å². The Morgan fingerprint density at radius 3 is 2.39 bits per heavy atom. The van der Waals surface area contributed by atoms with Crippen molar-refractivity contribution in [3.8, 4) is 0 Å². The molecule has 2 rings (SSSR count). The van der Waals surface area contributed by atoms with Crippen molar-refractivity contribution >= 4 is 25.2 Å². The van der Waals surface area contributed by atoms with Gasteiger partial charge in [0.1, 0.15) is 12.2 Å². The number of rotatable bonds is 11. The minimum Gasteiger partial charge on any atom is -0.435 e. The second kappa shape index (κ2) is 11.2. The molecule has 1 aliphatic heterocycles. The van der Waals surface area contributed by atoms with Crippen LogP contribution in [0, 0.1) is 0 Å². The number of hydrogen-bond acceptors (Lipinski definition) is 4. The Morgan fingerprint density at radius 1 is 1.16 bits per heavy atom. The molecule has 0 radical (unpaired) electrons. The van der Waals surface area contributed by atoms with Crippen LogP contribution in [-0.2, 0) is 9.36 Å². The summed E-state index contributed by atoms with van der Waals surface area (Å²) in [5.41, 5.74) is -0.387. The molecule has 4 atom stereocenters. The first kappa shape index (κ1) is 25.4. The quantitative estimate of drug-likeness (QED) is 0.210. The Labute approximate surface area is 184 Å². The minimum atomic E-state index is -4.09. The van der Waals surface area contributed by atoms with Gasteiger partial charge in [-0.1, -0.05) is 62.9 Å². The van der Waals surface area contributed by atoms with Crippen LogP contribution in [0.1, 0.15) is 75.6 Å². The lowest BCUT2D eigenvalue weighted by atomic mass is 10.0. The van der Waals surface area contributed by atoms with E-state index in [2.05, 4.69) is 6.92 Å². The van der Waals surface area contributed by atoms with Crippen LogP contribution in [0.3, 0.4) is 0 Å². The predicted octanol–water partition coefficient (Wildman–Crippen LogP) is 5.07. The molecular weight excluding hydrogens is 417 g/mol. The number of carbonyl (C=O) groups excluding carboxylic acids is 2. The van der Waals surface area contributed by atoms with Crippen LogP contribution < -0.4 is 0 Å². The molecule has 1 saturated heterocycles. The van der Waals surface area contributed by atoms with Crippen molar-refractivity contribution in [3.05, 3.63) is 35.9 Å². The molecule has 3 unspecified atom stereocenters. The lowest BCUT2D eigenvalue weighted by molar-refractivity contribution is -0.791. The highest BCUT2D eigenvalue weighted by Crippen LogP contribution is 2.51. The number of ketones is 1. The number of carboxylic acid groups (broad SMARTS) is 1. The average Bonchev–Trinajstić information content (AvgIpc) is 3.13. The molecule has 1 fully saturated rings. The second-order valence-corrected chi connectivity index (χ2v) is 11.2. The largest absolute Gasteiger partial charge is 0.521 e. The average molecular weight is 453 g/mol. The van der Waals surface area contributed by atoms with E-state index in [1.54, 1.807) is 37.3 Å². The van der Waals surface area contributed by atoms with Gasteiger partial charge in [-0.2, -0.15) is 9.28 Å². The summed E-state index contributed by atoms with van der Waals surface area (Å²) in [7, 11) is -4.09.